The molecule has 4 rings (SSSR count). The molecule has 0 spiro atoms. The Hall–Kier alpha value is -3.06. The van der Waals surface area contributed by atoms with E-state index in [1.54, 1.807) is 42.5 Å². The molecule has 7 heteroatoms. The zero-order chi connectivity index (χ0) is 16.7. The van der Waals surface area contributed by atoms with Gasteiger partial charge in [0.2, 0.25) is 0 Å². The van der Waals surface area contributed by atoms with E-state index in [2.05, 4.69) is 10.2 Å². The predicted octanol–water partition coefficient (Wildman–Crippen LogP) is 2.56. The normalized spacial score (nSPS) is 11.8. The van der Waals surface area contributed by atoms with E-state index in [0.717, 1.165) is 5.39 Å². The van der Waals surface area contributed by atoms with Crippen LogP contribution in [0.5, 0.6) is 0 Å². The molecule has 2 aromatic heterocycles. The zero-order valence-corrected chi connectivity index (χ0v) is 13.2. The summed E-state index contributed by atoms with van der Waals surface area (Å²) in [5, 5.41) is 5.99. The number of hydrogen-bond acceptors (Lipinski definition) is 3. The van der Waals surface area contributed by atoms with Crippen molar-refractivity contribution < 1.29 is 8.42 Å². The van der Waals surface area contributed by atoms with Crippen molar-refractivity contribution in [3.63, 3.8) is 0 Å². The summed E-state index contributed by atoms with van der Waals surface area (Å²) in [5.41, 5.74) is 1.47. The maximum Gasteiger partial charge on any atom is 0.268 e. The van der Waals surface area contributed by atoms with Crippen molar-refractivity contribution in [3.8, 4) is 11.3 Å². The number of benzene rings is 2. The molecule has 0 bridgehead atoms. The second-order valence-corrected chi connectivity index (χ2v) is 7.16. The SMILES string of the molecule is O=c1cc(-c2cn(S(=O)(=O)c3ccccc3)c3ccccc23)[nH][nH]1. The highest BCUT2D eigenvalue weighted by atomic mass is 32.2. The standard InChI is InChI=1S/C17H13N3O3S/c21-17-10-15(18-19-17)14-11-20(16-9-5-4-8-13(14)16)24(22,23)12-6-2-1-3-7-12/h1-11H,(H2,18,19,21). The molecule has 0 amide bonds. The molecule has 0 saturated heterocycles. The van der Waals surface area contributed by atoms with E-state index in [9.17, 15) is 13.2 Å². The summed E-state index contributed by atoms with van der Waals surface area (Å²) in [6.45, 7) is 0. The Morgan fingerprint density at radius 2 is 1.58 bits per heavy atom. The van der Waals surface area contributed by atoms with Crippen LogP contribution in [0.4, 0.5) is 0 Å². The summed E-state index contributed by atoms with van der Waals surface area (Å²) in [7, 11) is -3.73. The van der Waals surface area contributed by atoms with Crippen LogP contribution in [0.15, 0.2) is 76.6 Å². The first kappa shape index (κ1) is 14.5. The first-order valence-corrected chi connectivity index (χ1v) is 8.70. The highest BCUT2D eigenvalue weighted by molar-refractivity contribution is 7.90. The number of para-hydroxylation sites is 1. The van der Waals surface area contributed by atoms with Gasteiger partial charge in [0.1, 0.15) is 0 Å². The molecule has 0 unspecified atom stereocenters. The number of H-pyrrole nitrogens is 2. The lowest BCUT2D eigenvalue weighted by atomic mass is 10.1. The van der Waals surface area contributed by atoms with Gasteiger partial charge in [0, 0.05) is 23.2 Å². The van der Waals surface area contributed by atoms with Crippen molar-refractivity contribution in [2.75, 3.05) is 0 Å². The average molecular weight is 339 g/mol. The molecule has 0 aliphatic rings. The Morgan fingerprint density at radius 1 is 0.875 bits per heavy atom. The predicted molar refractivity (Wildman–Crippen MR) is 91.4 cm³/mol. The van der Waals surface area contributed by atoms with Gasteiger partial charge in [-0.25, -0.2) is 12.4 Å². The second kappa shape index (κ2) is 5.24. The van der Waals surface area contributed by atoms with Crippen LogP contribution in [0.1, 0.15) is 0 Å². The first-order chi connectivity index (χ1) is 11.6. The molecule has 0 fully saturated rings. The van der Waals surface area contributed by atoms with Crippen LogP contribution < -0.4 is 5.56 Å². The lowest BCUT2D eigenvalue weighted by molar-refractivity contribution is 0.589. The molecule has 120 valence electrons. The van der Waals surface area contributed by atoms with Crippen LogP contribution in [0.3, 0.4) is 0 Å². The van der Waals surface area contributed by atoms with Crippen LogP contribution in [-0.2, 0) is 10.0 Å². The van der Waals surface area contributed by atoms with Crippen molar-refractivity contribution in [1.29, 1.82) is 0 Å². The van der Waals surface area contributed by atoms with Gasteiger partial charge < -0.3 is 0 Å². The Kier molecular flexibility index (Phi) is 3.17. The minimum Gasteiger partial charge on any atom is -0.297 e. The fourth-order valence-corrected chi connectivity index (χ4v) is 4.14. The van der Waals surface area contributed by atoms with Crippen molar-refractivity contribution in [1.82, 2.24) is 14.2 Å². The molecular formula is C17H13N3O3S. The smallest absolute Gasteiger partial charge is 0.268 e. The molecule has 2 N–H and O–H groups in total. The van der Waals surface area contributed by atoms with Gasteiger partial charge in [-0.3, -0.25) is 15.0 Å². The number of fused-ring (bicyclic) bond motifs is 1. The van der Waals surface area contributed by atoms with E-state index in [-0.39, 0.29) is 10.5 Å². The molecule has 24 heavy (non-hydrogen) atoms. The molecule has 2 heterocycles. The van der Waals surface area contributed by atoms with Gasteiger partial charge in [-0.15, -0.1) is 0 Å². The minimum absolute atomic E-state index is 0.208. The van der Waals surface area contributed by atoms with Crippen LogP contribution in [0, 0.1) is 0 Å². The molecule has 0 atom stereocenters. The van der Waals surface area contributed by atoms with Crippen molar-refractivity contribution >= 4 is 20.9 Å². The summed E-state index contributed by atoms with van der Waals surface area (Å²) >= 11 is 0. The molecule has 4 aromatic rings. The van der Waals surface area contributed by atoms with Gasteiger partial charge in [0.25, 0.3) is 15.6 Å². The van der Waals surface area contributed by atoms with E-state index in [4.69, 9.17) is 0 Å². The van der Waals surface area contributed by atoms with Crippen molar-refractivity contribution in [3.05, 3.63) is 77.2 Å². The van der Waals surface area contributed by atoms with Gasteiger partial charge in [0.05, 0.1) is 16.1 Å². The monoisotopic (exact) mass is 339 g/mol. The number of nitrogens with zero attached hydrogens (tertiary/aromatic N) is 1. The maximum atomic E-state index is 13.0. The van der Waals surface area contributed by atoms with Crippen molar-refractivity contribution in [2.24, 2.45) is 0 Å². The number of rotatable bonds is 3. The van der Waals surface area contributed by atoms with E-state index in [1.165, 1.54) is 16.2 Å². The third kappa shape index (κ3) is 2.17. The van der Waals surface area contributed by atoms with Gasteiger partial charge >= 0.3 is 0 Å². The number of nitrogens with one attached hydrogen (secondary N) is 2. The van der Waals surface area contributed by atoms with Crippen LogP contribution in [-0.4, -0.2) is 22.6 Å². The fraction of sp³-hybridized carbons (Fsp3) is 0. The van der Waals surface area contributed by atoms with Crippen molar-refractivity contribution in [2.45, 2.75) is 4.90 Å². The fourth-order valence-electron chi connectivity index (χ4n) is 2.75. The highest BCUT2D eigenvalue weighted by Gasteiger charge is 2.21. The average Bonchev–Trinajstić information content (AvgIpc) is 3.19. The summed E-state index contributed by atoms with van der Waals surface area (Å²) in [4.78, 5) is 11.6. The number of aromatic amines is 2. The Morgan fingerprint density at radius 3 is 2.29 bits per heavy atom. The molecule has 0 aliphatic carbocycles. The minimum atomic E-state index is -3.73. The summed E-state index contributed by atoms with van der Waals surface area (Å²) in [6, 6.07) is 16.8. The lowest BCUT2D eigenvalue weighted by Crippen LogP contribution is -2.11. The summed E-state index contributed by atoms with van der Waals surface area (Å²) < 4.78 is 27.2. The highest BCUT2D eigenvalue weighted by Crippen LogP contribution is 2.31. The molecule has 0 radical (unpaired) electrons. The third-order valence-corrected chi connectivity index (χ3v) is 5.55. The molecule has 6 nitrogen and oxygen atoms in total. The van der Waals surface area contributed by atoms with E-state index in [0.29, 0.717) is 16.8 Å². The topological polar surface area (TPSA) is 87.7 Å². The summed E-state index contributed by atoms with van der Waals surface area (Å²) in [6.07, 6.45) is 1.53. The quantitative estimate of drug-likeness (QED) is 0.601. The molecule has 0 aliphatic heterocycles. The Bertz CT molecular complexity index is 1180. The zero-order valence-electron chi connectivity index (χ0n) is 12.4. The van der Waals surface area contributed by atoms with Gasteiger partial charge in [-0.1, -0.05) is 36.4 Å². The first-order valence-electron chi connectivity index (χ1n) is 7.26. The van der Waals surface area contributed by atoms with Crippen LogP contribution in [0.25, 0.3) is 22.2 Å². The Balaban J connectivity index is 2.03. The third-order valence-electron chi connectivity index (χ3n) is 3.86. The molecular weight excluding hydrogens is 326 g/mol. The second-order valence-electron chi connectivity index (χ2n) is 5.35. The van der Waals surface area contributed by atoms with E-state index >= 15 is 0 Å². The van der Waals surface area contributed by atoms with Crippen LogP contribution >= 0.6 is 0 Å². The summed E-state index contributed by atoms with van der Waals surface area (Å²) in [5.74, 6) is 0. The number of hydrogen-bond donors (Lipinski definition) is 2. The van der Waals surface area contributed by atoms with E-state index < -0.39 is 10.0 Å². The van der Waals surface area contributed by atoms with Gasteiger partial charge in [0.15, 0.2) is 0 Å². The van der Waals surface area contributed by atoms with E-state index in [1.807, 2.05) is 12.1 Å². The molecule has 2 aromatic carbocycles. The number of aromatic nitrogens is 3. The lowest BCUT2D eigenvalue weighted by Gasteiger charge is -2.07. The van der Waals surface area contributed by atoms with Gasteiger partial charge in [-0.05, 0) is 18.2 Å². The Labute approximate surface area is 137 Å². The van der Waals surface area contributed by atoms with Crippen LogP contribution in [0.2, 0.25) is 0 Å². The largest absolute Gasteiger partial charge is 0.297 e. The molecule has 0 saturated carbocycles. The van der Waals surface area contributed by atoms with Gasteiger partial charge in [-0.2, -0.15) is 0 Å². The maximum absolute atomic E-state index is 13.0.